The van der Waals surface area contributed by atoms with Crippen LogP contribution < -0.4 is 5.32 Å². The third kappa shape index (κ3) is 1.13. The molecule has 15 heavy (non-hydrogen) atoms. The molecule has 2 bridgehead atoms. The second-order valence-corrected chi connectivity index (χ2v) is 5.65. The molecule has 3 atom stereocenters. The lowest BCUT2D eigenvalue weighted by atomic mass is 9.57. The Morgan fingerprint density at radius 1 is 1.00 bits per heavy atom. The first-order valence-electron chi connectivity index (χ1n) is 6.89. The summed E-state index contributed by atoms with van der Waals surface area (Å²) in [5, 5.41) is 3.75. The van der Waals surface area contributed by atoms with E-state index in [0.717, 1.165) is 11.8 Å². The maximum atomic E-state index is 3.75. The fourth-order valence-corrected chi connectivity index (χ4v) is 5.43. The minimum atomic E-state index is 0.458. The van der Waals surface area contributed by atoms with Crippen LogP contribution in [0.25, 0.3) is 0 Å². The molecule has 0 amide bonds. The summed E-state index contributed by atoms with van der Waals surface area (Å²) in [6.45, 7) is 7.20. The van der Waals surface area contributed by atoms with Crippen LogP contribution in [0.5, 0.6) is 0 Å². The molecule has 1 nitrogen and oxygen atoms in total. The molecular weight excluding hydrogens is 182 g/mol. The highest BCUT2D eigenvalue weighted by atomic mass is 15.0. The Hall–Kier alpha value is -0.0400. The quantitative estimate of drug-likeness (QED) is 0.746. The molecule has 0 radical (unpaired) electrons. The maximum Gasteiger partial charge on any atom is 0.0262 e. The SMILES string of the molecule is CCC1(CC)[C@@H]2CC[C@@H](C2)C1(CC)NC. The zero-order chi connectivity index (χ0) is 11.1. The fraction of sp³-hybridized carbons (Fsp3) is 1.00. The van der Waals surface area contributed by atoms with E-state index in [1.807, 2.05) is 0 Å². The molecule has 1 N–H and O–H groups in total. The average molecular weight is 209 g/mol. The molecule has 2 aliphatic rings. The molecule has 2 fully saturated rings. The molecule has 1 unspecified atom stereocenters. The van der Waals surface area contributed by atoms with Crippen LogP contribution in [0.15, 0.2) is 0 Å². The van der Waals surface area contributed by atoms with Gasteiger partial charge in [0.05, 0.1) is 0 Å². The lowest BCUT2D eigenvalue weighted by Gasteiger charge is -2.53. The molecule has 2 aliphatic carbocycles. The highest BCUT2D eigenvalue weighted by Gasteiger charge is 2.63. The van der Waals surface area contributed by atoms with Gasteiger partial charge in [-0.15, -0.1) is 0 Å². The summed E-state index contributed by atoms with van der Waals surface area (Å²) < 4.78 is 0. The third-order valence-corrected chi connectivity index (χ3v) is 6.07. The summed E-state index contributed by atoms with van der Waals surface area (Å²) in [4.78, 5) is 0. The van der Waals surface area contributed by atoms with Crippen LogP contribution in [0.4, 0.5) is 0 Å². The molecule has 0 aromatic carbocycles. The van der Waals surface area contributed by atoms with Gasteiger partial charge in [0.2, 0.25) is 0 Å². The van der Waals surface area contributed by atoms with Crippen molar-refractivity contribution in [1.82, 2.24) is 5.32 Å². The van der Waals surface area contributed by atoms with E-state index in [-0.39, 0.29) is 0 Å². The molecule has 1 heteroatoms. The molecule has 2 saturated carbocycles. The van der Waals surface area contributed by atoms with Gasteiger partial charge >= 0.3 is 0 Å². The van der Waals surface area contributed by atoms with Crippen LogP contribution in [0.3, 0.4) is 0 Å². The van der Waals surface area contributed by atoms with Crippen molar-refractivity contribution < 1.29 is 0 Å². The van der Waals surface area contributed by atoms with E-state index in [4.69, 9.17) is 0 Å². The van der Waals surface area contributed by atoms with Crippen LogP contribution >= 0.6 is 0 Å². The molecule has 0 aromatic rings. The molecule has 2 rings (SSSR count). The van der Waals surface area contributed by atoms with E-state index < -0.39 is 0 Å². The van der Waals surface area contributed by atoms with Crippen molar-refractivity contribution >= 4 is 0 Å². The van der Waals surface area contributed by atoms with Gasteiger partial charge in [-0.3, -0.25) is 0 Å². The monoisotopic (exact) mass is 209 g/mol. The van der Waals surface area contributed by atoms with Gasteiger partial charge in [-0.2, -0.15) is 0 Å². The van der Waals surface area contributed by atoms with Gasteiger partial charge in [0.1, 0.15) is 0 Å². The minimum Gasteiger partial charge on any atom is -0.313 e. The van der Waals surface area contributed by atoms with E-state index in [9.17, 15) is 0 Å². The smallest absolute Gasteiger partial charge is 0.0262 e. The lowest BCUT2D eigenvalue weighted by Crippen LogP contribution is -2.60. The molecule has 0 aromatic heterocycles. The number of hydrogen-bond acceptors (Lipinski definition) is 1. The number of rotatable bonds is 4. The van der Waals surface area contributed by atoms with E-state index in [2.05, 4.69) is 33.1 Å². The van der Waals surface area contributed by atoms with Gasteiger partial charge in [0, 0.05) is 5.54 Å². The molecule has 0 heterocycles. The van der Waals surface area contributed by atoms with E-state index in [1.54, 1.807) is 0 Å². The van der Waals surface area contributed by atoms with Gasteiger partial charge in [-0.05, 0) is 62.8 Å². The van der Waals surface area contributed by atoms with E-state index in [1.165, 1.54) is 38.5 Å². The summed E-state index contributed by atoms with van der Waals surface area (Å²) >= 11 is 0. The largest absolute Gasteiger partial charge is 0.313 e. The van der Waals surface area contributed by atoms with Gasteiger partial charge in [0.25, 0.3) is 0 Å². The van der Waals surface area contributed by atoms with Crippen molar-refractivity contribution in [2.45, 2.75) is 64.8 Å². The highest BCUT2D eigenvalue weighted by molar-refractivity contribution is 5.17. The van der Waals surface area contributed by atoms with E-state index in [0.29, 0.717) is 11.0 Å². The zero-order valence-electron chi connectivity index (χ0n) is 10.9. The zero-order valence-corrected chi connectivity index (χ0v) is 10.9. The Morgan fingerprint density at radius 2 is 1.60 bits per heavy atom. The summed E-state index contributed by atoms with van der Waals surface area (Å²) in [6.07, 6.45) is 8.50. The third-order valence-electron chi connectivity index (χ3n) is 6.07. The van der Waals surface area contributed by atoms with Crippen LogP contribution in [-0.2, 0) is 0 Å². The maximum absolute atomic E-state index is 3.75. The summed E-state index contributed by atoms with van der Waals surface area (Å²) in [5.41, 5.74) is 1.05. The second kappa shape index (κ2) is 3.76. The number of hydrogen-bond donors (Lipinski definition) is 1. The predicted octanol–water partition coefficient (Wildman–Crippen LogP) is 3.59. The summed E-state index contributed by atoms with van der Waals surface area (Å²) in [6, 6.07) is 0. The molecular formula is C14H27N. The summed E-state index contributed by atoms with van der Waals surface area (Å²) in [5.74, 6) is 1.96. The van der Waals surface area contributed by atoms with Crippen LogP contribution in [0.1, 0.15) is 59.3 Å². The minimum absolute atomic E-state index is 0.458. The molecule has 0 spiro atoms. The standard InChI is InChI=1S/C14H27N/c1-5-13(6-2)11-8-9-12(10-11)14(13,7-3)15-4/h11-12,15H,5-10H2,1-4H3/t11-,12+,14?/m1/s1. The highest BCUT2D eigenvalue weighted by Crippen LogP contribution is 2.65. The Morgan fingerprint density at radius 3 is 2.00 bits per heavy atom. The van der Waals surface area contributed by atoms with Crippen molar-refractivity contribution in [3.63, 3.8) is 0 Å². The first-order chi connectivity index (χ1) is 7.20. The van der Waals surface area contributed by atoms with Crippen molar-refractivity contribution in [1.29, 1.82) is 0 Å². The first kappa shape index (κ1) is 11.4. The van der Waals surface area contributed by atoms with Crippen LogP contribution in [-0.4, -0.2) is 12.6 Å². The number of fused-ring (bicyclic) bond motifs is 2. The van der Waals surface area contributed by atoms with Gasteiger partial charge in [-0.25, -0.2) is 0 Å². The second-order valence-electron chi connectivity index (χ2n) is 5.65. The Bertz CT molecular complexity index is 201. The topological polar surface area (TPSA) is 12.0 Å². The van der Waals surface area contributed by atoms with Gasteiger partial charge in [-0.1, -0.05) is 20.8 Å². The molecule has 0 saturated heterocycles. The average Bonchev–Trinajstić information content (AvgIpc) is 2.85. The Kier molecular flexibility index (Phi) is 2.87. The van der Waals surface area contributed by atoms with Crippen LogP contribution in [0, 0.1) is 17.3 Å². The van der Waals surface area contributed by atoms with Gasteiger partial charge < -0.3 is 5.32 Å². The van der Waals surface area contributed by atoms with Crippen LogP contribution in [0.2, 0.25) is 0 Å². The van der Waals surface area contributed by atoms with Crippen molar-refractivity contribution in [2.24, 2.45) is 17.3 Å². The van der Waals surface area contributed by atoms with Crippen molar-refractivity contribution in [2.75, 3.05) is 7.05 Å². The predicted molar refractivity (Wildman–Crippen MR) is 65.9 cm³/mol. The number of nitrogens with one attached hydrogen (secondary N) is 1. The molecule has 0 aliphatic heterocycles. The van der Waals surface area contributed by atoms with Gasteiger partial charge in [0.15, 0.2) is 0 Å². The Balaban J connectivity index is 2.41. The Labute approximate surface area is 95.0 Å². The van der Waals surface area contributed by atoms with Crippen molar-refractivity contribution in [3.8, 4) is 0 Å². The van der Waals surface area contributed by atoms with Crippen molar-refractivity contribution in [3.05, 3.63) is 0 Å². The fourth-order valence-electron chi connectivity index (χ4n) is 5.43. The lowest BCUT2D eigenvalue weighted by molar-refractivity contribution is 0.0115. The molecule has 88 valence electrons. The summed E-state index contributed by atoms with van der Waals surface area (Å²) in [7, 11) is 2.20. The first-order valence-corrected chi connectivity index (χ1v) is 6.89. The van der Waals surface area contributed by atoms with E-state index >= 15 is 0 Å². The normalized spacial score (nSPS) is 42.4.